The predicted octanol–water partition coefficient (Wildman–Crippen LogP) is 1.45. The molecule has 0 spiro atoms. The van der Waals surface area contributed by atoms with Gasteiger partial charge in [-0.3, -0.25) is 4.79 Å². The first-order valence-corrected chi connectivity index (χ1v) is 7.76. The zero-order valence-electron chi connectivity index (χ0n) is 12.1. The lowest BCUT2D eigenvalue weighted by molar-refractivity contribution is -0.194. The van der Waals surface area contributed by atoms with Crippen LogP contribution in [0.2, 0.25) is 0 Å². The van der Waals surface area contributed by atoms with Crippen molar-refractivity contribution in [2.75, 3.05) is 13.2 Å². The Hall–Kier alpha value is -0.610. The van der Waals surface area contributed by atoms with Crippen LogP contribution in [0.15, 0.2) is 0 Å². The van der Waals surface area contributed by atoms with Gasteiger partial charge in [0.1, 0.15) is 0 Å². The molecule has 1 amide bonds. The van der Waals surface area contributed by atoms with Crippen molar-refractivity contribution in [3.63, 3.8) is 0 Å². The second-order valence-electron chi connectivity index (χ2n) is 6.90. The maximum atomic E-state index is 12.1. The second kappa shape index (κ2) is 5.06. The van der Waals surface area contributed by atoms with E-state index in [0.717, 1.165) is 38.8 Å². The van der Waals surface area contributed by atoms with Gasteiger partial charge in [0.15, 0.2) is 0 Å². The summed E-state index contributed by atoms with van der Waals surface area (Å²) in [5, 5.41) is 6.66. The lowest BCUT2D eigenvalue weighted by Gasteiger charge is -2.60. The van der Waals surface area contributed by atoms with Gasteiger partial charge in [-0.25, -0.2) is 0 Å². The highest BCUT2D eigenvalue weighted by Crippen LogP contribution is 2.51. The summed E-state index contributed by atoms with van der Waals surface area (Å²) < 4.78 is 5.92. The van der Waals surface area contributed by atoms with E-state index in [2.05, 4.69) is 24.5 Å². The lowest BCUT2D eigenvalue weighted by Crippen LogP contribution is -2.71. The zero-order chi connectivity index (χ0) is 13.5. The molecule has 0 aromatic carbocycles. The van der Waals surface area contributed by atoms with Crippen molar-refractivity contribution in [2.24, 2.45) is 11.3 Å². The first kappa shape index (κ1) is 13.4. The predicted molar refractivity (Wildman–Crippen MR) is 73.8 cm³/mol. The molecule has 4 nitrogen and oxygen atoms in total. The first-order valence-electron chi connectivity index (χ1n) is 7.76. The number of hydrogen-bond donors (Lipinski definition) is 2. The van der Waals surface area contributed by atoms with E-state index in [4.69, 9.17) is 4.74 Å². The maximum absolute atomic E-state index is 12.1. The Morgan fingerprint density at radius 1 is 1.26 bits per heavy atom. The molecule has 1 aliphatic carbocycles. The molecular formula is C15H26N2O2. The Labute approximate surface area is 115 Å². The summed E-state index contributed by atoms with van der Waals surface area (Å²) in [5.74, 6) is 0.785. The van der Waals surface area contributed by atoms with E-state index in [1.807, 2.05) is 0 Å². The molecule has 3 rings (SSSR count). The number of ether oxygens (including phenoxy) is 1. The maximum Gasteiger partial charge on any atom is 0.237 e. The van der Waals surface area contributed by atoms with Crippen molar-refractivity contribution in [1.82, 2.24) is 10.6 Å². The molecule has 0 radical (unpaired) electrons. The summed E-state index contributed by atoms with van der Waals surface area (Å²) in [5.41, 5.74) is 0.150. The molecule has 0 aromatic rings. The fourth-order valence-corrected chi connectivity index (χ4v) is 4.18. The van der Waals surface area contributed by atoms with Gasteiger partial charge < -0.3 is 15.4 Å². The molecule has 4 unspecified atom stereocenters. The van der Waals surface area contributed by atoms with Gasteiger partial charge in [-0.15, -0.1) is 0 Å². The topological polar surface area (TPSA) is 50.4 Å². The van der Waals surface area contributed by atoms with Crippen molar-refractivity contribution in [3.05, 3.63) is 0 Å². The SMILES string of the molecule is CC1(C)C(NC2CCCCNC2=O)C2CCCOC21. The van der Waals surface area contributed by atoms with E-state index >= 15 is 0 Å². The summed E-state index contributed by atoms with van der Waals surface area (Å²) in [6, 6.07) is 0.418. The number of carbonyl (C=O) groups is 1. The molecule has 2 aliphatic heterocycles. The van der Waals surface area contributed by atoms with Gasteiger partial charge in [-0.05, 0) is 32.1 Å². The summed E-state index contributed by atoms with van der Waals surface area (Å²) in [6.07, 6.45) is 5.98. The number of carbonyl (C=O) groups excluding carboxylic acids is 1. The van der Waals surface area contributed by atoms with E-state index in [1.54, 1.807) is 0 Å². The lowest BCUT2D eigenvalue weighted by atomic mass is 9.55. The van der Waals surface area contributed by atoms with Gasteiger partial charge >= 0.3 is 0 Å². The van der Waals surface area contributed by atoms with Gasteiger partial charge in [-0.2, -0.15) is 0 Å². The van der Waals surface area contributed by atoms with Crippen LogP contribution in [0.5, 0.6) is 0 Å². The van der Waals surface area contributed by atoms with Crippen molar-refractivity contribution < 1.29 is 9.53 Å². The van der Waals surface area contributed by atoms with Crippen LogP contribution in [0.25, 0.3) is 0 Å². The van der Waals surface area contributed by atoms with Crippen molar-refractivity contribution in [1.29, 1.82) is 0 Å². The molecule has 2 N–H and O–H groups in total. The molecule has 1 saturated carbocycles. The molecular weight excluding hydrogens is 240 g/mol. The fourth-order valence-electron chi connectivity index (χ4n) is 4.18. The Morgan fingerprint density at radius 2 is 2.11 bits per heavy atom. The summed E-state index contributed by atoms with van der Waals surface area (Å²) >= 11 is 0. The quantitative estimate of drug-likeness (QED) is 0.795. The molecule has 108 valence electrons. The number of rotatable bonds is 2. The fraction of sp³-hybridized carbons (Fsp3) is 0.933. The van der Waals surface area contributed by atoms with E-state index in [9.17, 15) is 4.79 Å². The monoisotopic (exact) mass is 266 g/mol. The zero-order valence-corrected chi connectivity index (χ0v) is 12.1. The number of hydrogen-bond acceptors (Lipinski definition) is 3. The average molecular weight is 266 g/mol. The average Bonchev–Trinajstić information content (AvgIpc) is 2.61. The Kier molecular flexibility index (Phi) is 3.56. The Morgan fingerprint density at radius 3 is 2.95 bits per heavy atom. The highest BCUT2D eigenvalue weighted by atomic mass is 16.5. The molecule has 0 bridgehead atoms. The van der Waals surface area contributed by atoms with Crippen LogP contribution >= 0.6 is 0 Å². The van der Waals surface area contributed by atoms with E-state index in [0.29, 0.717) is 18.1 Å². The van der Waals surface area contributed by atoms with Crippen LogP contribution in [0.4, 0.5) is 0 Å². The standard InChI is InChI=1S/C15H26N2O2/c1-15(2)12(10-6-5-9-19-13(10)15)17-11-7-3-4-8-16-14(11)18/h10-13,17H,3-9H2,1-2H3,(H,16,18). The molecule has 4 heteroatoms. The molecule has 3 aliphatic rings. The highest BCUT2D eigenvalue weighted by molar-refractivity contribution is 5.82. The third kappa shape index (κ3) is 2.29. The summed E-state index contributed by atoms with van der Waals surface area (Å²) in [4.78, 5) is 12.1. The van der Waals surface area contributed by atoms with Gasteiger partial charge in [0.2, 0.25) is 5.91 Å². The van der Waals surface area contributed by atoms with Gasteiger partial charge in [0, 0.05) is 30.5 Å². The second-order valence-corrected chi connectivity index (χ2v) is 6.90. The largest absolute Gasteiger partial charge is 0.377 e. The molecule has 2 saturated heterocycles. The summed E-state index contributed by atoms with van der Waals surface area (Å²) in [7, 11) is 0. The van der Waals surface area contributed by atoms with Crippen LogP contribution in [-0.4, -0.2) is 37.2 Å². The van der Waals surface area contributed by atoms with Crippen molar-refractivity contribution in [2.45, 2.75) is 64.1 Å². The Bertz CT molecular complexity index is 356. The third-order valence-corrected chi connectivity index (χ3v) is 5.25. The van der Waals surface area contributed by atoms with Crippen LogP contribution in [0.3, 0.4) is 0 Å². The van der Waals surface area contributed by atoms with E-state index in [-0.39, 0.29) is 17.4 Å². The molecule has 19 heavy (non-hydrogen) atoms. The minimum Gasteiger partial charge on any atom is -0.377 e. The van der Waals surface area contributed by atoms with Gasteiger partial charge in [0.25, 0.3) is 0 Å². The van der Waals surface area contributed by atoms with Crippen molar-refractivity contribution in [3.8, 4) is 0 Å². The normalized spacial score (nSPS) is 41.7. The summed E-state index contributed by atoms with van der Waals surface area (Å²) in [6.45, 7) is 6.28. The minimum absolute atomic E-state index is 0.00495. The van der Waals surface area contributed by atoms with Crippen LogP contribution in [0, 0.1) is 11.3 Å². The minimum atomic E-state index is -0.00495. The highest BCUT2D eigenvalue weighted by Gasteiger charge is 2.58. The van der Waals surface area contributed by atoms with Crippen LogP contribution < -0.4 is 10.6 Å². The third-order valence-electron chi connectivity index (χ3n) is 5.25. The molecule has 4 atom stereocenters. The molecule has 3 fully saturated rings. The number of amides is 1. The molecule has 0 aromatic heterocycles. The van der Waals surface area contributed by atoms with E-state index in [1.165, 1.54) is 6.42 Å². The van der Waals surface area contributed by atoms with Crippen LogP contribution in [-0.2, 0) is 9.53 Å². The number of fused-ring (bicyclic) bond motifs is 1. The van der Waals surface area contributed by atoms with Gasteiger partial charge in [0.05, 0.1) is 12.1 Å². The van der Waals surface area contributed by atoms with E-state index < -0.39 is 0 Å². The van der Waals surface area contributed by atoms with Crippen molar-refractivity contribution >= 4 is 5.91 Å². The van der Waals surface area contributed by atoms with Crippen LogP contribution in [0.1, 0.15) is 46.0 Å². The number of nitrogens with one attached hydrogen (secondary N) is 2. The molecule has 2 heterocycles. The first-order chi connectivity index (χ1) is 9.10. The Balaban J connectivity index is 1.66. The smallest absolute Gasteiger partial charge is 0.237 e. The van der Waals surface area contributed by atoms with Gasteiger partial charge in [-0.1, -0.05) is 13.8 Å².